The molecule has 0 aromatic carbocycles. The van der Waals surface area contributed by atoms with E-state index in [1.54, 1.807) is 0 Å². The number of carbonyl (C=O) groups excluding carboxylic acids is 2. The number of carboxylic acid groups (broad SMARTS) is 1. The monoisotopic (exact) mass is 1350 g/mol. The van der Waals surface area contributed by atoms with Gasteiger partial charge in [0.05, 0.1) is 37.9 Å². The summed E-state index contributed by atoms with van der Waals surface area (Å²) in [5.74, 6) is -2.51. The van der Waals surface area contributed by atoms with E-state index in [9.17, 15) is 49.2 Å². The number of carboxylic acids is 1. The average molecular weight is 1350 g/mol. The number of aliphatic hydroxyl groups excluding tert-OH is 3. The molecule has 550 valence electrons. The summed E-state index contributed by atoms with van der Waals surface area (Å²) in [6, 6.07) is -2.60. The van der Waals surface area contributed by atoms with E-state index < -0.39 is 112 Å². The molecule has 93 heavy (non-hydrogen) atoms. The lowest BCUT2D eigenvalue weighted by Gasteiger charge is -2.47. The Bertz CT molecular complexity index is 1840. The Balaban J connectivity index is 2.41. The van der Waals surface area contributed by atoms with Crippen molar-refractivity contribution in [3.05, 3.63) is 0 Å². The number of methoxy groups -OCH3 is 1. The molecule has 21 nitrogen and oxygen atoms in total. The lowest BCUT2D eigenvalue weighted by molar-refractivity contribution is -0.308. The second kappa shape index (κ2) is 56.9. The Hall–Kier alpha value is -1.92. The van der Waals surface area contributed by atoms with Crippen LogP contribution in [0.3, 0.4) is 0 Å². The van der Waals surface area contributed by atoms with Crippen LogP contribution in [-0.4, -0.2) is 174 Å². The van der Waals surface area contributed by atoms with Crippen LogP contribution in [0.2, 0.25) is 0 Å². The van der Waals surface area contributed by atoms with Crippen LogP contribution in [0, 0.1) is 0 Å². The minimum atomic E-state index is -5.25. The van der Waals surface area contributed by atoms with Gasteiger partial charge in [0.15, 0.2) is 12.6 Å². The zero-order chi connectivity index (χ0) is 68.2. The number of rotatable bonds is 64. The molecule has 0 radical (unpaired) electrons. The Kier molecular flexibility index (Phi) is 53.3. The molecule has 2 saturated heterocycles. The summed E-state index contributed by atoms with van der Waals surface area (Å²) in [6.07, 6.45) is 31.3. The molecule has 0 aromatic rings. The van der Waals surface area contributed by atoms with Crippen LogP contribution in [-0.2, 0) is 61.4 Å². The first-order valence-corrected chi connectivity index (χ1v) is 38.9. The molecule has 0 unspecified atom stereocenters. The van der Waals surface area contributed by atoms with Crippen LogP contribution in [0.25, 0.3) is 0 Å². The summed E-state index contributed by atoms with van der Waals surface area (Å²) in [6.45, 7) is 9.00. The van der Waals surface area contributed by atoms with Crippen LogP contribution in [0.15, 0.2) is 0 Å². The highest BCUT2D eigenvalue weighted by atomic mass is 31.2. The highest BCUT2D eigenvalue weighted by Crippen LogP contribution is 2.43. The number of nitrogens with one attached hydrogen (secondary N) is 2. The predicted octanol–water partition coefficient (Wildman–Crippen LogP) is 13.8. The molecular weight excluding hydrogens is 1220 g/mol. The third kappa shape index (κ3) is 44.0. The van der Waals surface area contributed by atoms with Gasteiger partial charge in [-0.1, -0.05) is 259 Å². The Labute approximate surface area is 562 Å². The molecule has 13 atom stereocenters. The number of phosphoric ester groups is 1. The van der Waals surface area contributed by atoms with Crippen molar-refractivity contribution < 1.29 is 91.6 Å². The van der Waals surface area contributed by atoms with E-state index in [4.69, 9.17) is 42.4 Å². The first kappa shape index (κ1) is 87.2. The summed E-state index contributed by atoms with van der Waals surface area (Å²) in [4.78, 5) is 59.8. The SMILES string of the molecule is CCCCCCCCCCCCO[C@H](CCCCCCCCCCC)CCO[C@@H]1[C@@H](NC(C)=O)[C@H](OC[C@H]2O[C@H](OCC(=O)O)[C@H](NC(=O)C[C@H](O)CCCCCCCCCCC)[C@@H](OCC[C@H](O)CCCCCCCCCCC)[C@@H]2O)O[C@H](COC)[C@H]1OP(=O)(O)O. The van der Waals surface area contributed by atoms with Crippen molar-refractivity contribution in [3.63, 3.8) is 0 Å². The number of aliphatic carboxylic acids is 1. The van der Waals surface area contributed by atoms with Crippen molar-refractivity contribution in [1.82, 2.24) is 10.6 Å². The van der Waals surface area contributed by atoms with E-state index in [0.29, 0.717) is 25.9 Å². The Morgan fingerprint density at radius 3 is 1.37 bits per heavy atom. The molecule has 0 spiro atoms. The van der Waals surface area contributed by atoms with E-state index in [-0.39, 0.29) is 38.8 Å². The topological polar surface area (TPSA) is 297 Å². The summed E-state index contributed by atoms with van der Waals surface area (Å²) < 4.78 is 68.2. The van der Waals surface area contributed by atoms with Crippen molar-refractivity contribution >= 4 is 25.6 Å². The third-order valence-corrected chi connectivity index (χ3v) is 18.6. The fourth-order valence-corrected chi connectivity index (χ4v) is 13.3. The van der Waals surface area contributed by atoms with Crippen molar-refractivity contribution in [2.45, 2.75) is 390 Å². The molecule has 2 aliphatic heterocycles. The van der Waals surface area contributed by atoms with Crippen LogP contribution in [0.1, 0.15) is 311 Å². The maximum atomic E-state index is 13.8. The lowest BCUT2D eigenvalue weighted by Crippen LogP contribution is -2.67. The zero-order valence-corrected chi connectivity index (χ0v) is 60.0. The van der Waals surface area contributed by atoms with Gasteiger partial charge < -0.3 is 78.7 Å². The molecule has 0 saturated carbocycles. The summed E-state index contributed by atoms with van der Waals surface area (Å²) in [5, 5.41) is 49.9. The van der Waals surface area contributed by atoms with Gasteiger partial charge in [0, 0.05) is 33.9 Å². The van der Waals surface area contributed by atoms with Gasteiger partial charge in [0.2, 0.25) is 11.8 Å². The molecule has 8 N–H and O–H groups in total. The van der Waals surface area contributed by atoms with Gasteiger partial charge >= 0.3 is 13.8 Å². The number of ether oxygens (including phenoxy) is 8. The van der Waals surface area contributed by atoms with E-state index in [1.807, 2.05) is 0 Å². The van der Waals surface area contributed by atoms with E-state index in [0.717, 1.165) is 96.3 Å². The van der Waals surface area contributed by atoms with Crippen molar-refractivity contribution in [3.8, 4) is 0 Å². The largest absolute Gasteiger partial charge is 0.480 e. The van der Waals surface area contributed by atoms with E-state index >= 15 is 0 Å². The Morgan fingerprint density at radius 1 is 0.473 bits per heavy atom. The van der Waals surface area contributed by atoms with Gasteiger partial charge in [0.1, 0.15) is 55.3 Å². The van der Waals surface area contributed by atoms with Crippen molar-refractivity contribution in [2.75, 3.05) is 46.8 Å². The van der Waals surface area contributed by atoms with Crippen LogP contribution in [0.5, 0.6) is 0 Å². The summed E-state index contributed by atoms with van der Waals surface area (Å²) >= 11 is 0. The normalized spacial score (nSPS) is 22.8. The molecule has 0 aromatic heterocycles. The lowest BCUT2D eigenvalue weighted by atomic mass is 9.95. The minimum absolute atomic E-state index is 0.0394. The first-order valence-electron chi connectivity index (χ1n) is 37.4. The molecule has 2 fully saturated rings. The molecule has 0 aliphatic carbocycles. The van der Waals surface area contributed by atoms with Gasteiger partial charge in [-0.05, 0) is 38.5 Å². The number of hydrogen-bond donors (Lipinski definition) is 8. The van der Waals surface area contributed by atoms with E-state index in [2.05, 4.69) is 38.3 Å². The smallest absolute Gasteiger partial charge is 0.470 e. The van der Waals surface area contributed by atoms with Crippen molar-refractivity contribution in [2.24, 2.45) is 0 Å². The number of phosphoric acid groups is 1. The standard InChI is InChI=1S/C71H137N2O19P/c1-7-11-15-19-23-27-31-35-39-43-49-85-59(46-42-38-34-30-26-22-18-14-10-4)48-51-87-69-65(72-56(5)74)71(91-61(53-84-6)67(69)92-93(81,82)83)88-54-60-66(80)68(86-50-47-57(75)44-40-36-32-28-24-20-16-12-8-2)64(70(90-60)89-55-63(78)79)73-62(77)52-58(76)45-41-37-33-29-25-21-17-13-9-3/h57-61,64-71,75-76,80H,7-55H2,1-6H3,(H,72,74)(H,73,77)(H,78,79)(H2,81,82,83)/t57-,58-,59-,60-,61-,64-,65-,66-,67-,68-,69-,70+,71-/m1/s1. The maximum absolute atomic E-state index is 13.8. The maximum Gasteiger partial charge on any atom is 0.470 e. The third-order valence-electron chi connectivity index (χ3n) is 18.1. The summed E-state index contributed by atoms with van der Waals surface area (Å²) in [5.41, 5.74) is 0. The molecule has 2 aliphatic rings. The average Bonchev–Trinajstić information content (AvgIpc) is 0.801. The van der Waals surface area contributed by atoms with Crippen LogP contribution in [0.4, 0.5) is 0 Å². The molecular formula is C71H137N2O19P. The minimum Gasteiger partial charge on any atom is -0.480 e. The van der Waals surface area contributed by atoms with Crippen LogP contribution >= 0.6 is 7.82 Å². The number of aliphatic hydroxyl groups is 3. The van der Waals surface area contributed by atoms with Gasteiger partial charge in [-0.25, -0.2) is 9.36 Å². The number of carbonyl (C=O) groups is 3. The quantitative estimate of drug-likeness (QED) is 0.0207. The fraction of sp³-hybridized carbons (Fsp3) is 0.958. The van der Waals surface area contributed by atoms with Crippen molar-refractivity contribution in [1.29, 1.82) is 0 Å². The summed E-state index contributed by atoms with van der Waals surface area (Å²) in [7, 11) is -3.87. The highest BCUT2D eigenvalue weighted by Gasteiger charge is 2.53. The molecule has 2 rings (SSSR count). The zero-order valence-electron chi connectivity index (χ0n) is 59.1. The molecule has 2 heterocycles. The number of hydrogen-bond acceptors (Lipinski definition) is 16. The number of amides is 2. The Morgan fingerprint density at radius 2 is 0.892 bits per heavy atom. The highest BCUT2D eigenvalue weighted by molar-refractivity contribution is 7.46. The first-order chi connectivity index (χ1) is 45.0. The number of unbranched alkanes of at least 4 members (excludes halogenated alkanes) is 33. The van der Waals surface area contributed by atoms with E-state index in [1.165, 1.54) is 162 Å². The second-order valence-electron chi connectivity index (χ2n) is 26.7. The van der Waals surface area contributed by atoms with Gasteiger partial charge in [-0.2, -0.15) is 0 Å². The van der Waals surface area contributed by atoms with Gasteiger partial charge in [-0.15, -0.1) is 0 Å². The van der Waals surface area contributed by atoms with Crippen LogP contribution < -0.4 is 10.6 Å². The second-order valence-corrected chi connectivity index (χ2v) is 27.9. The van der Waals surface area contributed by atoms with Gasteiger partial charge in [-0.3, -0.25) is 14.1 Å². The predicted molar refractivity (Wildman–Crippen MR) is 364 cm³/mol. The molecule has 0 bridgehead atoms. The fourth-order valence-electron chi connectivity index (χ4n) is 12.7. The van der Waals surface area contributed by atoms with Gasteiger partial charge in [0.25, 0.3) is 0 Å². The molecule has 22 heteroatoms. The molecule has 2 amide bonds.